The van der Waals surface area contributed by atoms with Crippen LogP contribution in [0.1, 0.15) is 31.0 Å². The number of Topliss-reactive ketones (excluding diaryl/α,β-unsaturated/α-hetero) is 1. The van der Waals surface area contributed by atoms with E-state index in [2.05, 4.69) is 18.7 Å². The molecule has 1 N–H and O–H groups in total. The Bertz CT molecular complexity index is 1430. The zero-order chi connectivity index (χ0) is 27.7. The van der Waals surface area contributed by atoms with Gasteiger partial charge in [0.05, 0.1) is 31.0 Å². The molecule has 0 radical (unpaired) electrons. The van der Waals surface area contributed by atoms with Crippen LogP contribution >= 0.6 is 0 Å². The van der Waals surface area contributed by atoms with Crippen molar-refractivity contribution in [2.75, 3.05) is 55.1 Å². The summed E-state index contributed by atoms with van der Waals surface area (Å²) < 4.78 is 11.1. The highest BCUT2D eigenvalue weighted by Crippen LogP contribution is 2.44. The van der Waals surface area contributed by atoms with Gasteiger partial charge in [0, 0.05) is 43.1 Å². The van der Waals surface area contributed by atoms with Crippen LogP contribution in [-0.2, 0) is 9.59 Å². The van der Waals surface area contributed by atoms with Crippen molar-refractivity contribution in [3.8, 4) is 11.5 Å². The molecule has 3 aromatic rings. The number of hydrogen-bond donors (Lipinski definition) is 1. The number of amides is 1. The molecule has 0 saturated carbocycles. The van der Waals surface area contributed by atoms with E-state index in [-0.39, 0.29) is 11.3 Å². The van der Waals surface area contributed by atoms with Crippen LogP contribution in [0, 0.1) is 0 Å². The van der Waals surface area contributed by atoms with Gasteiger partial charge in [0.15, 0.2) is 0 Å². The molecular weight excluding hydrogens is 494 g/mol. The summed E-state index contributed by atoms with van der Waals surface area (Å²) in [5, 5.41) is 11.6. The minimum absolute atomic E-state index is 0.0396. The lowest BCUT2D eigenvalue weighted by Gasteiger charge is -2.28. The van der Waals surface area contributed by atoms with Gasteiger partial charge in [0.1, 0.15) is 23.9 Å². The van der Waals surface area contributed by atoms with E-state index in [1.807, 2.05) is 36.2 Å². The summed E-state index contributed by atoms with van der Waals surface area (Å²) in [4.78, 5) is 32.8. The predicted molar refractivity (Wildman–Crippen MR) is 153 cm³/mol. The van der Waals surface area contributed by atoms with E-state index >= 15 is 0 Å². The average molecular weight is 528 g/mol. The summed E-state index contributed by atoms with van der Waals surface area (Å²) in [7, 11) is 3.50. The number of ether oxygens (including phenoxy) is 2. The minimum Gasteiger partial charge on any atom is -0.507 e. The number of fused-ring (bicyclic) bond motifs is 1. The molecule has 202 valence electrons. The maximum atomic E-state index is 13.6. The normalized spacial score (nSPS) is 18.1. The van der Waals surface area contributed by atoms with Crippen LogP contribution in [0.5, 0.6) is 11.5 Å². The summed E-state index contributed by atoms with van der Waals surface area (Å²) in [6.45, 7) is 7.18. The third kappa shape index (κ3) is 4.67. The molecule has 8 nitrogen and oxygen atoms in total. The van der Waals surface area contributed by atoms with Gasteiger partial charge in [-0.25, -0.2) is 0 Å². The molecule has 3 aromatic carbocycles. The second-order valence-electron chi connectivity index (χ2n) is 9.59. The maximum Gasteiger partial charge on any atom is 0.300 e. The number of carbonyl (C=O) groups is 2. The van der Waals surface area contributed by atoms with Gasteiger partial charge < -0.3 is 24.4 Å². The lowest BCUT2D eigenvalue weighted by Crippen LogP contribution is -2.29. The lowest BCUT2D eigenvalue weighted by molar-refractivity contribution is -0.132. The largest absolute Gasteiger partial charge is 0.507 e. The third-order valence-electron chi connectivity index (χ3n) is 7.44. The van der Waals surface area contributed by atoms with Gasteiger partial charge in [-0.2, -0.15) is 0 Å². The van der Waals surface area contributed by atoms with Gasteiger partial charge in [-0.3, -0.25) is 14.5 Å². The Morgan fingerprint density at radius 1 is 1.05 bits per heavy atom. The second-order valence-corrected chi connectivity index (χ2v) is 9.59. The first-order valence-corrected chi connectivity index (χ1v) is 13.2. The fourth-order valence-corrected chi connectivity index (χ4v) is 5.28. The van der Waals surface area contributed by atoms with Crippen molar-refractivity contribution < 1.29 is 24.2 Å². The Morgan fingerprint density at radius 3 is 2.49 bits per heavy atom. The quantitative estimate of drug-likeness (QED) is 0.263. The first-order valence-electron chi connectivity index (χ1n) is 13.2. The second kappa shape index (κ2) is 10.7. The molecule has 5 rings (SSSR count). The van der Waals surface area contributed by atoms with Crippen LogP contribution in [0.2, 0.25) is 0 Å². The highest BCUT2D eigenvalue weighted by atomic mass is 16.5. The molecular formula is C31H33N3O5. The van der Waals surface area contributed by atoms with Crippen molar-refractivity contribution in [1.82, 2.24) is 0 Å². The molecule has 1 amide bonds. The monoisotopic (exact) mass is 527 g/mol. The highest BCUT2D eigenvalue weighted by molar-refractivity contribution is 6.51. The molecule has 2 aliphatic rings. The fraction of sp³-hybridized carbons (Fsp3) is 0.290. The zero-order valence-corrected chi connectivity index (χ0v) is 22.7. The van der Waals surface area contributed by atoms with E-state index in [1.54, 1.807) is 49.6 Å². The van der Waals surface area contributed by atoms with Crippen molar-refractivity contribution in [3.05, 3.63) is 83.4 Å². The van der Waals surface area contributed by atoms with E-state index in [0.717, 1.165) is 24.5 Å². The van der Waals surface area contributed by atoms with Gasteiger partial charge in [0.25, 0.3) is 11.7 Å². The summed E-state index contributed by atoms with van der Waals surface area (Å²) in [6, 6.07) is 19.3. The molecule has 39 heavy (non-hydrogen) atoms. The number of aliphatic hydroxyl groups is 1. The summed E-state index contributed by atoms with van der Waals surface area (Å²) in [5.74, 6) is -0.404. The van der Waals surface area contributed by atoms with Gasteiger partial charge in [0.2, 0.25) is 0 Å². The molecule has 1 saturated heterocycles. The smallest absolute Gasteiger partial charge is 0.300 e. The van der Waals surface area contributed by atoms with Gasteiger partial charge in [-0.1, -0.05) is 18.2 Å². The fourth-order valence-electron chi connectivity index (χ4n) is 5.28. The van der Waals surface area contributed by atoms with Crippen molar-refractivity contribution >= 4 is 34.5 Å². The molecule has 1 fully saturated rings. The number of carbonyl (C=O) groups excluding carboxylic acids is 2. The molecule has 1 unspecified atom stereocenters. The average Bonchev–Trinajstić information content (AvgIpc) is 3.23. The van der Waals surface area contributed by atoms with Crippen LogP contribution in [-0.4, -0.2) is 57.2 Å². The van der Waals surface area contributed by atoms with Crippen molar-refractivity contribution in [2.45, 2.75) is 19.9 Å². The topological polar surface area (TPSA) is 82.5 Å². The number of aliphatic hydroxyl groups excluding tert-OH is 1. The predicted octanol–water partition coefficient (Wildman–Crippen LogP) is 5.00. The summed E-state index contributed by atoms with van der Waals surface area (Å²) in [5.41, 5.74) is 3.56. The molecule has 0 spiro atoms. The standard InChI is InChI=1S/C31H33N3O5/c1-5-33(6-2)22-13-10-20(11-14-22)28-27(29(35)21-12-15-26-25(18-21)32(3)16-17-39-26)30(36)31(37)34(28)23-8-7-9-24(19-23)38-4/h7-15,18-19,28,35H,5-6,16-17H2,1-4H3/b29-27-. The Balaban J connectivity index is 1.67. The molecule has 0 aromatic heterocycles. The Labute approximate surface area is 228 Å². The molecule has 8 heteroatoms. The van der Waals surface area contributed by atoms with Crippen LogP contribution in [0.25, 0.3) is 5.76 Å². The Hall–Kier alpha value is -4.46. The first-order chi connectivity index (χ1) is 18.9. The number of benzene rings is 3. The zero-order valence-electron chi connectivity index (χ0n) is 22.7. The van der Waals surface area contributed by atoms with E-state index < -0.39 is 17.7 Å². The van der Waals surface area contributed by atoms with Gasteiger partial charge in [-0.15, -0.1) is 0 Å². The van der Waals surface area contributed by atoms with Crippen molar-refractivity contribution in [3.63, 3.8) is 0 Å². The number of nitrogens with zero attached hydrogens (tertiary/aromatic N) is 3. The summed E-state index contributed by atoms with van der Waals surface area (Å²) >= 11 is 0. The number of hydrogen-bond acceptors (Lipinski definition) is 7. The minimum atomic E-state index is -0.826. The molecule has 2 aliphatic heterocycles. The molecule has 1 atom stereocenters. The van der Waals surface area contributed by atoms with E-state index in [4.69, 9.17) is 9.47 Å². The van der Waals surface area contributed by atoms with Crippen molar-refractivity contribution in [2.24, 2.45) is 0 Å². The Morgan fingerprint density at radius 2 is 1.79 bits per heavy atom. The molecule has 2 heterocycles. The van der Waals surface area contributed by atoms with Crippen LogP contribution in [0.4, 0.5) is 17.1 Å². The third-order valence-corrected chi connectivity index (χ3v) is 7.44. The molecule has 0 aliphatic carbocycles. The van der Waals surface area contributed by atoms with E-state index in [1.165, 1.54) is 4.90 Å². The number of methoxy groups -OCH3 is 1. The maximum absolute atomic E-state index is 13.6. The Kier molecular flexibility index (Phi) is 7.19. The van der Waals surface area contributed by atoms with Crippen LogP contribution < -0.4 is 24.2 Å². The van der Waals surface area contributed by atoms with Crippen LogP contribution in [0.15, 0.2) is 72.3 Å². The number of ketones is 1. The molecule has 0 bridgehead atoms. The van der Waals surface area contributed by atoms with Gasteiger partial charge >= 0.3 is 0 Å². The number of anilines is 3. The number of likely N-dealkylation sites (N-methyl/N-ethyl adjacent to an activating group) is 1. The van der Waals surface area contributed by atoms with Gasteiger partial charge in [-0.05, 0) is 61.9 Å². The van der Waals surface area contributed by atoms with E-state index in [0.29, 0.717) is 41.5 Å². The summed E-state index contributed by atoms with van der Waals surface area (Å²) in [6.07, 6.45) is 0. The lowest BCUT2D eigenvalue weighted by atomic mass is 9.94. The van der Waals surface area contributed by atoms with E-state index in [9.17, 15) is 14.7 Å². The van der Waals surface area contributed by atoms with Crippen LogP contribution in [0.3, 0.4) is 0 Å². The van der Waals surface area contributed by atoms with Crippen molar-refractivity contribution in [1.29, 1.82) is 0 Å². The number of rotatable bonds is 7. The highest BCUT2D eigenvalue weighted by Gasteiger charge is 2.47. The SMILES string of the molecule is CCN(CC)c1ccc(C2/C(=C(/O)c3ccc4c(c3)N(C)CCO4)C(=O)C(=O)N2c2cccc(OC)c2)cc1. The first kappa shape index (κ1) is 26.2.